The van der Waals surface area contributed by atoms with Crippen LogP contribution in [0.5, 0.6) is 0 Å². The number of Topliss-reactive ketones (excluding diaryl/α,β-unsaturated/α-hetero) is 1. The second-order valence-corrected chi connectivity index (χ2v) is 16.5. The summed E-state index contributed by atoms with van der Waals surface area (Å²) in [6, 6.07) is 4.01. The lowest BCUT2D eigenvalue weighted by Gasteiger charge is -2.37. The second-order valence-electron chi connectivity index (χ2n) is 16.5. The Labute approximate surface area is 313 Å². The van der Waals surface area contributed by atoms with E-state index in [1.165, 1.54) is 9.80 Å². The maximum atomic E-state index is 14.2. The molecule has 0 aromatic heterocycles. The fourth-order valence-electron chi connectivity index (χ4n) is 5.76. The number of ketones is 1. The minimum Gasteiger partial charge on any atom is -0.444 e. The van der Waals surface area contributed by atoms with Gasteiger partial charge in [0.05, 0.1) is 24.3 Å². The third-order valence-electron chi connectivity index (χ3n) is 8.14. The van der Waals surface area contributed by atoms with E-state index in [1.54, 1.807) is 92.9 Å². The van der Waals surface area contributed by atoms with Gasteiger partial charge in [0.1, 0.15) is 23.7 Å². The molecular weight excluding hydrogens is 684 g/mol. The van der Waals surface area contributed by atoms with Gasteiger partial charge in [-0.3, -0.25) is 28.8 Å². The van der Waals surface area contributed by atoms with Gasteiger partial charge in [-0.1, -0.05) is 64.4 Å². The van der Waals surface area contributed by atoms with Crippen molar-refractivity contribution in [2.45, 2.75) is 130 Å². The van der Waals surface area contributed by atoms with E-state index in [-0.39, 0.29) is 18.9 Å². The van der Waals surface area contributed by atoms with Gasteiger partial charge in [0.2, 0.25) is 29.4 Å². The summed E-state index contributed by atoms with van der Waals surface area (Å²) in [5.74, 6) is -4.43. The molecule has 53 heavy (non-hydrogen) atoms. The Morgan fingerprint density at radius 1 is 0.868 bits per heavy atom. The number of alkyl carbamates (subject to hydrolysis) is 1. The number of carbonyl (C=O) groups is 7. The van der Waals surface area contributed by atoms with Crippen molar-refractivity contribution in [1.82, 2.24) is 31.1 Å². The van der Waals surface area contributed by atoms with Crippen LogP contribution in [0.4, 0.5) is 4.79 Å². The lowest BCUT2D eigenvalue weighted by Crippen LogP contribution is -2.61. The molecule has 0 spiro atoms. The minimum atomic E-state index is -1.28. The Hall–Kier alpha value is -4.53. The summed E-state index contributed by atoms with van der Waals surface area (Å²) in [4.78, 5) is 96.0. The lowest BCUT2D eigenvalue weighted by molar-refractivity contribution is -0.149. The average molecular weight is 745 g/mol. The molecule has 4 N–H and O–H groups in total. The lowest BCUT2D eigenvalue weighted by atomic mass is 9.85. The highest BCUT2D eigenvalue weighted by atomic mass is 16.6. The van der Waals surface area contributed by atoms with Crippen LogP contribution in [0.2, 0.25) is 0 Å². The number of hydrogen-bond acceptors (Lipinski definition) is 9. The zero-order chi connectivity index (χ0) is 40.5. The number of hydrogen-bond donors (Lipinski definition) is 4. The van der Waals surface area contributed by atoms with Gasteiger partial charge in [-0.2, -0.15) is 0 Å². The third-order valence-corrected chi connectivity index (χ3v) is 8.14. The number of likely N-dealkylation sites (tertiary alicyclic amines) is 1. The second kappa shape index (κ2) is 18.5. The van der Waals surface area contributed by atoms with Crippen molar-refractivity contribution in [2.24, 2.45) is 5.41 Å². The predicted molar refractivity (Wildman–Crippen MR) is 198 cm³/mol. The molecule has 5 atom stereocenters. The van der Waals surface area contributed by atoms with Crippen molar-refractivity contribution in [3.05, 3.63) is 35.9 Å². The number of likely N-dealkylation sites (N-methyl/N-ethyl adjacent to an activating group) is 1. The number of rotatable bonds is 14. The first-order chi connectivity index (χ1) is 24.4. The number of amides is 6. The highest BCUT2D eigenvalue weighted by Gasteiger charge is 2.48. The zero-order valence-corrected chi connectivity index (χ0v) is 33.4. The Bertz CT molecular complexity index is 1480. The van der Waals surface area contributed by atoms with Gasteiger partial charge in [-0.25, -0.2) is 4.79 Å². The first-order valence-corrected chi connectivity index (χ1v) is 18.0. The average Bonchev–Trinajstić information content (AvgIpc) is 3.44. The molecule has 1 aromatic carbocycles. The van der Waals surface area contributed by atoms with Gasteiger partial charge < -0.3 is 40.5 Å². The number of benzene rings is 1. The fourth-order valence-corrected chi connectivity index (χ4v) is 5.76. The van der Waals surface area contributed by atoms with E-state index >= 15 is 0 Å². The van der Waals surface area contributed by atoms with E-state index in [2.05, 4.69) is 21.3 Å². The first-order valence-electron chi connectivity index (χ1n) is 18.0. The Morgan fingerprint density at radius 2 is 1.47 bits per heavy atom. The molecule has 6 amide bonds. The van der Waals surface area contributed by atoms with Gasteiger partial charge in [-0.15, -0.1) is 0 Å². The third kappa shape index (κ3) is 13.8. The normalized spacial score (nSPS) is 17.8. The summed E-state index contributed by atoms with van der Waals surface area (Å²) in [6.07, 6.45) is -0.752. The van der Waals surface area contributed by atoms with E-state index < -0.39 is 88.9 Å². The molecule has 1 aliphatic heterocycles. The van der Waals surface area contributed by atoms with E-state index in [1.807, 2.05) is 20.8 Å². The highest BCUT2D eigenvalue weighted by molar-refractivity contribution is 6.38. The monoisotopic (exact) mass is 744 g/mol. The minimum absolute atomic E-state index is 0.0912. The van der Waals surface area contributed by atoms with Gasteiger partial charge in [-0.05, 0) is 65.4 Å². The molecule has 2 rings (SSSR count). The van der Waals surface area contributed by atoms with Crippen molar-refractivity contribution in [3.8, 4) is 0 Å². The quantitative estimate of drug-likeness (QED) is 0.207. The molecule has 15 heteroatoms. The summed E-state index contributed by atoms with van der Waals surface area (Å²) >= 11 is 0. The van der Waals surface area contributed by atoms with E-state index in [0.29, 0.717) is 18.4 Å². The van der Waals surface area contributed by atoms with Crippen LogP contribution in [-0.4, -0.2) is 114 Å². The SMILES string of the molecule is CCCC(NC(=O)C1C(OC(C)(C)C)CCN1C(=O)C(NC(=O)OC(C)(C)C)C(C)(C)C)C(=O)C(=O)NCC(=O)NC(C(=O)N(C)C)c1ccccc1. The first kappa shape index (κ1) is 44.6. The summed E-state index contributed by atoms with van der Waals surface area (Å²) < 4.78 is 11.6. The standard InChI is InChI=1S/C38H60N6O9/c1-13-17-24(29(46)32(48)39-22-26(45)41-27(33(49)43(11)12)23-18-15-14-16-19-23)40-31(47)28-25(52-37(5,6)7)20-21-44(28)34(50)30(36(2,3)4)42-35(51)53-38(8,9)10/h14-16,18-19,24-25,27-28,30H,13,17,20-22H2,1-12H3,(H,39,48)(H,40,47)(H,41,45)(H,42,51). The number of carbonyl (C=O) groups excluding carboxylic acids is 7. The van der Waals surface area contributed by atoms with Crippen molar-refractivity contribution >= 4 is 41.4 Å². The number of ether oxygens (including phenoxy) is 2. The Balaban J connectivity index is 2.28. The van der Waals surface area contributed by atoms with E-state index in [0.717, 1.165) is 0 Å². The number of nitrogens with one attached hydrogen (secondary N) is 4. The summed E-state index contributed by atoms with van der Waals surface area (Å²) in [5.41, 5.74) is -1.76. The molecule has 1 fully saturated rings. The maximum absolute atomic E-state index is 14.2. The van der Waals surface area contributed by atoms with Gasteiger partial charge in [0.15, 0.2) is 0 Å². The van der Waals surface area contributed by atoms with Gasteiger partial charge >= 0.3 is 6.09 Å². The smallest absolute Gasteiger partial charge is 0.408 e. The van der Waals surface area contributed by atoms with E-state index in [4.69, 9.17) is 9.47 Å². The van der Waals surface area contributed by atoms with Crippen molar-refractivity contribution in [2.75, 3.05) is 27.2 Å². The highest BCUT2D eigenvalue weighted by Crippen LogP contribution is 2.30. The van der Waals surface area contributed by atoms with Gasteiger partial charge in [0, 0.05) is 20.6 Å². The summed E-state index contributed by atoms with van der Waals surface area (Å²) in [7, 11) is 3.10. The van der Waals surface area contributed by atoms with Crippen LogP contribution in [0, 0.1) is 5.41 Å². The van der Waals surface area contributed by atoms with Crippen LogP contribution >= 0.6 is 0 Å². The van der Waals surface area contributed by atoms with Crippen LogP contribution < -0.4 is 21.3 Å². The molecular formula is C38H60N6O9. The Morgan fingerprint density at radius 3 is 1.98 bits per heavy atom. The number of nitrogens with zero attached hydrogens (tertiary/aromatic N) is 2. The van der Waals surface area contributed by atoms with Crippen molar-refractivity contribution in [1.29, 1.82) is 0 Å². The van der Waals surface area contributed by atoms with Crippen LogP contribution in [0.15, 0.2) is 30.3 Å². The van der Waals surface area contributed by atoms with Crippen molar-refractivity contribution in [3.63, 3.8) is 0 Å². The molecule has 5 unspecified atom stereocenters. The van der Waals surface area contributed by atoms with Crippen molar-refractivity contribution < 1.29 is 43.0 Å². The summed E-state index contributed by atoms with van der Waals surface area (Å²) in [5, 5.41) is 10.3. The Kier molecular flexibility index (Phi) is 15.6. The molecule has 0 bridgehead atoms. The van der Waals surface area contributed by atoms with Crippen LogP contribution in [0.1, 0.15) is 100 Å². The maximum Gasteiger partial charge on any atom is 0.408 e. The molecule has 0 aliphatic carbocycles. The molecule has 0 radical (unpaired) electrons. The topological polar surface area (TPSA) is 193 Å². The molecule has 15 nitrogen and oxygen atoms in total. The predicted octanol–water partition coefficient (Wildman–Crippen LogP) is 2.63. The summed E-state index contributed by atoms with van der Waals surface area (Å²) in [6.45, 7) is 17.2. The molecule has 1 aromatic rings. The van der Waals surface area contributed by atoms with Crippen LogP contribution in [0.3, 0.4) is 0 Å². The largest absolute Gasteiger partial charge is 0.444 e. The fraction of sp³-hybridized carbons (Fsp3) is 0.658. The molecule has 1 aliphatic rings. The van der Waals surface area contributed by atoms with Crippen LogP contribution in [-0.2, 0) is 38.2 Å². The van der Waals surface area contributed by atoms with E-state index in [9.17, 15) is 33.6 Å². The zero-order valence-electron chi connectivity index (χ0n) is 33.4. The molecule has 296 valence electrons. The molecule has 0 saturated carbocycles. The van der Waals surface area contributed by atoms with Crippen LogP contribution in [0.25, 0.3) is 0 Å². The molecule has 1 saturated heterocycles. The molecule has 1 heterocycles. The van der Waals surface area contributed by atoms with Gasteiger partial charge in [0.25, 0.3) is 5.91 Å².